The first-order valence-corrected chi connectivity index (χ1v) is 7.24. The number of hydrogen-bond acceptors (Lipinski definition) is 4. The van der Waals surface area contributed by atoms with Crippen molar-refractivity contribution in [2.24, 2.45) is 0 Å². The monoisotopic (exact) mass is 300 g/mol. The van der Waals surface area contributed by atoms with Gasteiger partial charge in [-0.2, -0.15) is 0 Å². The Morgan fingerprint density at radius 3 is 2.23 bits per heavy atom. The summed E-state index contributed by atoms with van der Waals surface area (Å²) < 4.78 is 15.9. The maximum Gasteiger partial charge on any atom is 0.335 e. The SMILES string of the molecule is CCOC(Cc1ccc(Oc2ccccc2)cc1)C(=O)OC. The summed E-state index contributed by atoms with van der Waals surface area (Å²) in [6.07, 6.45) is -0.0949. The van der Waals surface area contributed by atoms with Gasteiger partial charge in [0, 0.05) is 13.0 Å². The second kappa shape index (κ2) is 8.20. The molecule has 2 aromatic rings. The van der Waals surface area contributed by atoms with Crippen LogP contribution in [-0.4, -0.2) is 25.8 Å². The van der Waals surface area contributed by atoms with E-state index in [0.29, 0.717) is 13.0 Å². The smallest absolute Gasteiger partial charge is 0.335 e. The molecule has 0 aromatic heterocycles. The molecule has 4 heteroatoms. The zero-order valence-electron chi connectivity index (χ0n) is 12.8. The van der Waals surface area contributed by atoms with Crippen molar-refractivity contribution in [2.45, 2.75) is 19.4 Å². The molecule has 0 spiro atoms. The third kappa shape index (κ3) is 4.60. The number of para-hydroxylation sites is 1. The highest BCUT2D eigenvalue weighted by atomic mass is 16.6. The lowest BCUT2D eigenvalue weighted by atomic mass is 10.1. The van der Waals surface area contributed by atoms with Crippen molar-refractivity contribution in [1.29, 1.82) is 0 Å². The number of carbonyl (C=O) groups excluding carboxylic acids is 1. The molecule has 0 heterocycles. The minimum absolute atomic E-state index is 0.355. The summed E-state index contributed by atoms with van der Waals surface area (Å²) in [5.74, 6) is 1.18. The van der Waals surface area contributed by atoms with Crippen LogP contribution in [0.25, 0.3) is 0 Å². The van der Waals surface area contributed by atoms with Crippen LogP contribution in [0.2, 0.25) is 0 Å². The molecule has 0 saturated heterocycles. The number of hydrogen-bond donors (Lipinski definition) is 0. The molecule has 2 rings (SSSR count). The van der Waals surface area contributed by atoms with Gasteiger partial charge >= 0.3 is 5.97 Å². The molecule has 0 bridgehead atoms. The van der Waals surface area contributed by atoms with Gasteiger partial charge in [0.05, 0.1) is 7.11 Å². The molecule has 0 amide bonds. The van der Waals surface area contributed by atoms with Crippen LogP contribution in [-0.2, 0) is 20.7 Å². The zero-order valence-corrected chi connectivity index (χ0v) is 12.8. The van der Waals surface area contributed by atoms with E-state index in [4.69, 9.17) is 14.2 Å². The molecule has 0 fully saturated rings. The fourth-order valence-electron chi connectivity index (χ4n) is 2.08. The summed E-state index contributed by atoms with van der Waals surface area (Å²) in [6.45, 7) is 2.32. The molecule has 1 atom stereocenters. The molecule has 2 aromatic carbocycles. The quantitative estimate of drug-likeness (QED) is 0.733. The van der Waals surface area contributed by atoms with Gasteiger partial charge in [-0.05, 0) is 36.8 Å². The maximum atomic E-state index is 11.6. The number of rotatable bonds is 7. The van der Waals surface area contributed by atoms with Crippen molar-refractivity contribution in [3.63, 3.8) is 0 Å². The lowest BCUT2D eigenvalue weighted by molar-refractivity contribution is -0.153. The van der Waals surface area contributed by atoms with E-state index in [9.17, 15) is 4.79 Å². The van der Waals surface area contributed by atoms with Gasteiger partial charge in [0.2, 0.25) is 0 Å². The Labute approximate surface area is 130 Å². The average Bonchev–Trinajstić information content (AvgIpc) is 2.56. The standard InChI is InChI=1S/C18H20O4/c1-3-21-17(18(19)20-2)13-14-9-11-16(12-10-14)22-15-7-5-4-6-8-15/h4-12,17H,3,13H2,1-2H3. The van der Waals surface area contributed by atoms with Crippen molar-refractivity contribution in [2.75, 3.05) is 13.7 Å². The van der Waals surface area contributed by atoms with Crippen LogP contribution >= 0.6 is 0 Å². The Bertz CT molecular complexity index is 578. The van der Waals surface area contributed by atoms with Crippen LogP contribution in [0.1, 0.15) is 12.5 Å². The molecule has 0 aliphatic rings. The van der Waals surface area contributed by atoms with E-state index in [-0.39, 0.29) is 5.97 Å². The summed E-state index contributed by atoms with van der Waals surface area (Å²) in [7, 11) is 1.37. The van der Waals surface area contributed by atoms with Crippen LogP contribution in [0.5, 0.6) is 11.5 Å². The summed E-state index contributed by atoms with van der Waals surface area (Å²) >= 11 is 0. The molecular weight excluding hydrogens is 280 g/mol. The predicted octanol–water partition coefficient (Wildman–Crippen LogP) is 3.60. The van der Waals surface area contributed by atoms with Crippen LogP contribution in [0.3, 0.4) is 0 Å². The van der Waals surface area contributed by atoms with Gasteiger partial charge in [-0.15, -0.1) is 0 Å². The largest absolute Gasteiger partial charge is 0.467 e. The van der Waals surface area contributed by atoms with Gasteiger partial charge < -0.3 is 14.2 Å². The topological polar surface area (TPSA) is 44.8 Å². The first-order chi connectivity index (χ1) is 10.7. The van der Waals surface area contributed by atoms with Gasteiger partial charge in [-0.1, -0.05) is 30.3 Å². The predicted molar refractivity (Wildman–Crippen MR) is 84.1 cm³/mol. The number of ether oxygens (including phenoxy) is 3. The van der Waals surface area contributed by atoms with Gasteiger partial charge in [-0.25, -0.2) is 4.79 Å². The normalized spacial score (nSPS) is 11.7. The lowest BCUT2D eigenvalue weighted by Gasteiger charge is -2.14. The van der Waals surface area contributed by atoms with Crippen molar-refractivity contribution in [3.8, 4) is 11.5 Å². The number of benzene rings is 2. The van der Waals surface area contributed by atoms with Crippen molar-refractivity contribution in [1.82, 2.24) is 0 Å². The Morgan fingerprint density at radius 1 is 1.00 bits per heavy atom. The fraction of sp³-hybridized carbons (Fsp3) is 0.278. The third-order valence-electron chi connectivity index (χ3n) is 3.16. The summed E-state index contributed by atoms with van der Waals surface area (Å²) in [5, 5.41) is 0. The highest BCUT2D eigenvalue weighted by molar-refractivity contribution is 5.75. The Hall–Kier alpha value is -2.33. The molecule has 116 valence electrons. The van der Waals surface area contributed by atoms with E-state index in [1.165, 1.54) is 7.11 Å². The van der Waals surface area contributed by atoms with E-state index in [1.54, 1.807) is 0 Å². The number of esters is 1. The molecule has 1 unspecified atom stereocenters. The van der Waals surface area contributed by atoms with Crippen molar-refractivity contribution >= 4 is 5.97 Å². The Balaban J connectivity index is 2.00. The van der Waals surface area contributed by atoms with Crippen LogP contribution in [0.4, 0.5) is 0 Å². The van der Waals surface area contributed by atoms with E-state index in [0.717, 1.165) is 17.1 Å². The van der Waals surface area contributed by atoms with E-state index in [2.05, 4.69) is 0 Å². The zero-order chi connectivity index (χ0) is 15.8. The minimum Gasteiger partial charge on any atom is -0.467 e. The summed E-state index contributed by atoms with van der Waals surface area (Å²) in [6, 6.07) is 17.2. The molecule has 0 aliphatic carbocycles. The van der Waals surface area contributed by atoms with E-state index < -0.39 is 6.10 Å². The molecule has 4 nitrogen and oxygen atoms in total. The second-order valence-corrected chi connectivity index (χ2v) is 4.73. The van der Waals surface area contributed by atoms with Crippen molar-refractivity contribution < 1.29 is 19.0 Å². The third-order valence-corrected chi connectivity index (χ3v) is 3.16. The molecule has 0 radical (unpaired) electrons. The highest BCUT2D eigenvalue weighted by Gasteiger charge is 2.19. The lowest BCUT2D eigenvalue weighted by Crippen LogP contribution is -2.28. The van der Waals surface area contributed by atoms with Crippen molar-refractivity contribution in [3.05, 3.63) is 60.2 Å². The van der Waals surface area contributed by atoms with Gasteiger partial charge in [-0.3, -0.25) is 0 Å². The first kappa shape index (κ1) is 16.0. The average molecular weight is 300 g/mol. The van der Waals surface area contributed by atoms with Gasteiger partial charge in [0.1, 0.15) is 11.5 Å². The molecular formula is C18H20O4. The Morgan fingerprint density at radius 2 is 1.64 bits per heavy atom. The fourth-order valence-corrected chi connectivity index (χ4v) is 2.08. The minimum atomic E-state index is -0.573. The first-order valence-electron chi connectivity index (χ1n) is 7.24. The van der Waals surface area contributed by atoms with Crippen LogP contribution < -0.4 is 4.74 Å². The molecule has 22 heavy (non-hydrogen) atoms. The van der Waals surface area contributed by atoms with E-state index >= 15 is 0 Å². The molecule has 0 saturated carbocycles. The molecule has 0 N–H and O–H groups in total. The van der Waals surface area contributed by atoms with E-state index in [1.807, 2.05) is 61.5 Å². The summed E-state index contributed by atoms with van der Waals surface area (Å²) in [5.41, 5.74) is 0.990. The molecule has 0 aliphatic heterocycles. The van der Waals surface area contributed by atoms with Gasteiger partial charge in [0.15, 0.2) is 6.10 Å². The summed E-state index contributed by atoms with van der Waals surface area (Å²) in [4.78, 5) is 11.6. The number of carbonyl (C=O) groups is 1. The van der Waals surface area contributed by atoms with Crippen LogP contribution in [0, 0.1) is 0 Å². The Kier molecular flexibility index (Phi) is 5.98. The van der Waals surface area contributed by atoms with Crippen LogP contribution in [0.15, 0.2) is 54.6 Å². The highest BCUT2D eigenvalue weighted by Crippen LogP contribution is 2.21. The maximum absolute atomic E-state index is 11.6. The number of methoxy groups -OCH3 is 1. The van der Waals surface area contributed by atoms with Gasteiger partial charge in [0.25, 0.3) is 0 Å². The second-order valence-electron chi connectivity index (χ2n) is 4.73.